The maximum atomic E-state index is 11.5. The predicted octanol–water partition coefficient (Wildman–Crippen LogP) is 1.43. The van der Waals surface area contributed by atoms with Gasteiger partial charge in [-0.2, -0.15) is 5.10 Å². The third kappa shape index (κ3) is 2.80. The fourth-order valence-electron chi connectivity index (χ4n) is 2.99. The molecule has 1 aromatic heterocycles. The first kappa shape index (κ1) is 14.8. The normalized spacial score (nSPS) is 22.0. The molecule has 0 atom stereocenters. The first-order chi connectivity index (χ1) is 9.87. The summed E-state index contributed by atoms with van der Waals surface area (Å²) in [5.41, 5.74) is 1.93. The molecule has 116 valence electrons. The number of sulfone groups is 1. The van der Waals surface area contributed by atoms with Crippen molar-refractivity contribution in [2.24, 2.45) is 0 Å². The maximum Gasteiger partial charge on any atom is 0.407 e. The number of aromatic nitrogens is 2. The molecule has 0 unspecified atom stereocenters. The lowest BCUT2D eigenvalue weighted by molar-refractivity contribution is 0.139. The van der Waals surface area contributed by atoms with Gasteiger partial charge in [0.15, 0.2) is 0 Å². The van der Waals surface area contributed by atoms with Crippen LogP contribution in [0.1, 0.15) is 30.1 Å². The zero-order valence-corrected chi connectivity index (χ0v) is 13.7. The summed E-state index contributed by atoms with van der Waals surface area (Å²) < 4.78 is 25.6. The quantitative estimate of drug-likeness (QED) is 0.798. The largest absolute Gasteiger partial charge is 0.465 e. The van der Waals surface area contributed by atoms with Gasteiger partial charge in [0.05, 0.1) is 24.1 Å². The van der Waals surface area contributed by atoms with E-state index >= 15 is 0 Å². The second-order valence-electron chi connectivity index (χ2n) is 5.50. The van der Waals surface area contributed by atoms with Crippen LogP contribution >= 0.6 is 15.9 Å². The molecule has 0 aliphatic carbocycles. The van der Waals surface area contributed by atoms with E-state index in [-0.39, 0.29) is 17.5 Å². The molecule has 1 amide bonds. The average Bonchev–Trinajstić information content (AvgIpc) is 2.76. The van der Waals surface area contributed by atoms with E-state index in [0.29, 0.717) is 37.0 Å². The van der Waals surface area contributed by atoms with Gasteiger partial charge in [-0.05, 0) is 28.8 Å². The van der Waals surface area contributed by atoms with Gasteiger partial charge in [-0.1, -0.05) is 0 Å². The first-order valence-corrected chi connectivity index (χ1v) is 9.43. The molecule has 9 heteroatoms. The van der Waals surface area contributed by atoms with E-state index in [9.17, 15) is 13.2 Å². The highest BCUT2D eigenvalue weighted by Gasteiger charge is 2.31. The number of halogens is 1. The number of fused-ring (bicyclic) bond motifs is 1. The Hall–Kier alpha value is -1.09. The van der Waals surface area contributed by atoms with Gasteiger partial charge in [-0.25, -0.2) is 13.2 Å². The number of rotatable bonds is 1. The van der Waals surface area contributed by atoms with Crippen LogP contribution in [0.2, 0.25) is 0 Å². The molecule has 0 radical (unpaired) electrons. The van der Waals surface area contributed by atoms with Gasteiger partial charge in [0.25, 0.3) is 0 Å². The molecule has 1 aromatic rings. The van der Waals surface area contributed by atoms with Crippen molar-refractivity contribution < 1.29 is 18.3 Å². The molecule has 3 heterocycles. The zero-order chi connectivity index (χ0) is 15.2. The molecule has 1 fully saturated rings. The number of carbonyl (C=O) groups is 1. The topological polar surface area (TPSA) is 92.5 Å². The Labute approximate surface area is 131 Å². The van der Waals surface area contributed by atoms with E-state index in [2.05, 4.69) is 21.0 Å². The summed E-state index contributed by atoms with van der Waals surface area (Å²) in [5, 5.41) is 13.6. The Bertz CT molecular complexity index is 671. The molecular formula is C12H16BrN3O4S. The van der Waals surface area contributed by atoms with Crippen molar-refractivity contribution in [1.82, 2.24) is 14.7 Å². The summed E-state index contributed by atoms with van der Waals surface area (Å²) in [5.74, 6) is 0.399. The second-order valence-corrected chi connectivity index (χ2v) is 8.55. The Kier molecular flexibility index (Phi) is 3.73. The molecule has 0 saturated carbocycles. The van der Waals surface area contributed by atoms with Crippen molar-refractivity contribution in [3.8, 4) is 0 Å². The van der Waals surface area contributed by atoms with E-state index in [4.69, 9.17) is 5.11 Å². The van der Waals surface area contributed by atoms with Crippen LogP contribution < -0.4 is 0 Å². The van der Waals surface area contributed by atoms with Gasteiger partial charge in [0.2, 0.25) is 0 Å². The summed E-state index contributed by atoms with van der Waals surface area (Å²) in [6, 6.07) is 0.0879. The van der Waals surface area contributed by atoms with Gasteiger partial charge in [-0.3, -0.25) is 4.68 Å². The minimum atomic E-state index is -2.90. The summed E-state index contributed by atoms with van der Waals surface area (Å²) in [4.78, 5) is 12.4. The second kappa shape index (κ2) is 5.28. The third-order valence-corrected chi connectivity index (χ3v) is 6.53. The lowest BCUT2D eigenvalue weighted by atomic mass is 10.1. The van der Waals surface area contributed by atoms with E-state index in [1.165, 1.54) is 4.90 Å². The van der Waals surface area contributed by atoms with E-state index in [0.717, 1.165) is 11.3 Å². The van der Waals surface area contributed by atoms with Gasteiger partial charge in [-0.15, -0.1) is 0 Å². The molecule has 0 aromatic carbocycles. The summed E-state index contributed by atoms with van der Waals surface area (Å²) in [6.07, 6.45) is 0.838. The molecule has 2 aliphatic heterocycles. The Morgan fingerprint density at radius 2 is 2.00 bits per heavy atom. The number of nitrogens with zero attached hydrogens (tertiary/aromatic N) is 3. The fourth-order valence-corrected chi connectivity index (χ4v) is 4.98. The number of amides is 1. The predicted molar refractivity (Wildman–Crippen MR) is 79.0 cm³/mol. The van der Waals surface area contributed by atoms with Crippen LogP contribution in [0.15, 0.2) is 4.60 Å². The standard InChI is InChI=1S/C12H16BrN3O4S/c13-11-9-7-15(12(17)18)4-1-10(9)16(14-11)8-2-5-21(19,20)6-3-8/h8H,1-7H2,(H,17,18). The molecule has 3 rings (SSSR count). The van der Waals surface area contributed by atoms with Crippen molar-refractivity contribution in [2.45, 2.75) is 31.8 Å². The van der Waals surface area contributed by atoms with Crippen molar-refractivity contribution >= 4 is 31.9 Å². The summed E-state index contributed by atoms with van der Waals surface area (Å²) in [6.45, 7) is 0.780. The number of hydrogen-bond donors (Lipinski definition) is 1. The van der Waals surface area contributed by atoms with Gasteiger partial charge in [0.1, 0.15) is 14.4 Å². The van der Waals surface area contributed by atoms with Crippen LogP contribution in [0.3, 0.4) is 0 Å². The van der Waals surface area contributed by atoms with Crippen molar-refractivity contribution in [3.05, 3.63) is 15.9 Å². The van der Waals surface area contributed by atoms with Crippen LogP contribution in [0.5, 0.6) is 0 Å². The lowest BCUT2D eigenvalue weighted by Gasteiger charge is -2.28. The van der Waals surface area contributed by atoms with Gasteiger partial charge in [0, 0.05) is 24.2 Å². The van der Waals surface area contributed by atoms with Crippen LogP contribution in [0, 0.1) is 0 Å². The van der Waals surface area contributed by atoms with Crippen molar-refractivity contribution in [3.63, 3.8) is 0 Å². The number of carboxylic acid groups (broad SMARTS) is 1. The van der Waals surface area contributed by atoms with Crippen LogP contribution in [-0.2, 0) is 22.8 Å². The monoisotopic (exact) mass is 377 g/mol. The van der Waals surface area contributed by atoms with E-state index in [1.54, 1.807) is 0 Å². The van der Waals surface area contributed by atoms with E-state index < -0.39 is 15.9 Å². The Balaban J connectivity index is 1.86. The average molecular weight is 378 g/mol. The van der Waals surface area contributed by atoms with Gasteiger partial charge >= 0.3 is 6.09 Å². The highest BCUT2D eigenvalue weighted by molar-refractivity contribution is 9.10. The molecule has 21 heavy (non-hydrogen) atoms. The van der Waals surface area contributed by atoms with Crippen LogP contribution in [-0.4, -0.2) is 52.3 Å². The maximum absolute atomic E-state index is 11.5. The highest BCUT2D eigenvalue weighted by Crippen LogP contribution is 2.32. The SMILES string of the molecule is O=C(O)N1CCc2c(c(Br)nn2C2CCS(=O)(=O)CC2)C1. The Morgan fingerprint density at radius 1 is 1.33 bits per heavy atom. The molecule has 0 spiro atoms. The molecule has 1 N–H and O–H groups in total. The molecule has 0 bridgehead atoms. The summed E-state index contributed by atoms with van der Waals surface area (Å²) >= 11 is 3.40. The highest BCUT2D eigenvalue weighted by atomic mass is 79.9. The fraction of sp³-hybridized carbons (Fsp3) is 0.667. The third-order valence-electron chi connectivity index (χ3n) is 4.18. The minimum absolute atomic E-state index is 0.0879. The number of hydrogen-bond acceptors (Lipinski definition) is 4. The molecular weight excluding hydrogens is 362 g/mol. The van der Waals surface area contributed by atoms with E-state index in [1.807, 2.05) is 4.68 Å². The van der Waals surface area contributed by atoms with Crippen molar-refractivity contribution in [2.75, 3.05) is 18.1 Å². The zero-order valence-electron chi connectivity index (χ0n) is 11.3. The molecule has 2 aliphatic rings. The lowest BCUT2D eigenvalue weighted by Crippen LogP contribution is -2.36. The van der Waals surface area contributed by atoms with Gasteiger partial charge < -0.3 is 10.0 Å². The van der Waals surface area contributed by atoms with Crippen LogP contribution in [0.25, 0.3) is 0 Å². The molecule has 1 saturated heterocycles. The minimum Gasteiger partial charge on any atom is -0.465 e. The first-order valence-electron chi connectivity index (χ1n) is 6.81. The van der Waals surface area contributed by atoms with Crippen molar-refractivity contribution in [1.29, 1.82) is 0 Å². The summed E-state index contributed by atoms with van der Waals surface area (Å²) in [7, 11) is -2.90. The Morgan fingerprint density at radius 3 is 2.62 bits per heavy atom. The van der Waals surface area contributed by atoms with Crippen LogP contribution in [0.4, 0.5) is 4.79 Å². The smallest absolute Gasteiger partial charge is 0.407 e. The molecule has 7 nitrogen and oxygen atoms in total.